The molecule has 7 heteroatoms. The van der Waals surface area contributed by atoms with Gasteiger partial charge in [-0.3, -0.25) is 9.59 Å². The topological polar surface area (TPSA) is 65.1 Å². The van der Waals surface area contributed by atoms with Gasteiger partial charge >= 0.3 is 5.97 Å². The zero-order valence-corrected chi connectivity index (χ0v) is 21.4. The van der Waals surface area contributed by atoms with E-state index in [9.17, 15) is 9.59 Å². The number of aryl methyl sites for hydroxylation is 1. The van der Waals surface area contributed by atoms with Crippen molar-refractivity contribution in [1.82, 2.24) is 4.90 Å². The number of rotatable bonds is 8. The van der Waals surface area contributed by atoms with Crippen molar-refractivity contribution in [2.24, 2.45) is 5.92 Å². The van der Waals surface area contributed by atoms with Crippen LogP contribution in [0.4, 0.5) is 0 Å². The first-order chi connectivity index (χ1) is 16.0. The molecule has 1 aromatic carbocycles. The Bertz CT molecular complexity index is 904. The Hall–Kier alpha value is -2.28. The molecular weight excluding hydrogens is 486 g/mol. The minimum atomic E-state index is -0.385. The average Bonchev–Trinajstić information content (AvgIpc) is 3.57. The van der Waals surface area contributed by atoms with E-state index >= 15 is 0 Å². The number of ether oxygens (including phenoxy) is 3. The molecule has 1 saturated heterocycles. The van der Waals surface area contributed by atoms with Gasteiger partial charge in [0.1, 0.15) is 6.10 Å². The lowest BCUT2D eigenvalue weighted by atomic mass is 9.92. The fraction of sp³-hybridized carbons (Fsp3) is 0.538. The van der Waals surface area contributed by atoms with Gasteiger partial charge in [0.15, 0.2) is 11.5 Å². The molecule has 0 bridgehead atoms. The monoisotopic (exact) mass is 519 g/mol. The number of carbonyl (C=O) groups excluding carboxylic acids is 2. The van der Waals surface area contributed by atoms with Crippen molar-refractivity contribution in [1.29, 1.82) is 0 Å². The molecule has 0 aromatic heterocycles. The summed E-state index contributed by atoms with van der Waals surface area (Å²) in [6.45, 7) is 8.10. The van der Waals surface area contributed by atoms with Crippen molar-refractivity contribution < 1.29 is 23.8 Å². The minimum Gasteiger partial charge on any atom is -0.457 e. The van der Waals surface area contributed by atoms with Gasteiger partial charge in [0.05, 0.1) is 12.3 Å². The molecule has 33 heavy (non-hydrogen) atoms. The second-order valence-corrected chi connectivity index (χ2v) is 9.03. The molecule has 0 N–H and O–H groups in total. The number of carbonyl (C=O) groups is 2. The van der Waals surface area contributed by atoms with Gasteiger partial charge in [0, 0.05) is 18.4 Å². The Balaban J connectivity index is 0.000000231. The van der Waals surface area contributed by atoms with Gasteiger partial charge in [-0.25, -0.2) is 0 Å². The van der Waals surface area contributed by atoms with Crippen LogP contribution in [-0.4, -0.2) is 48.1 Å². The summed E-state index contributed by atoms with van der Waals surface area (Å²) in [5.74, 6) is 1.18. The molecule has 2 aliphatic heterocycles. The van der Waals surface area contributed by atoms with Crippen LogP contribution in [0.15, 0.2) is 41.5 Å². The molecule has 0 saturated carbocycles. The van der Waals surface area contributed by atoms with Gasteiger partial charge in [0.25, 0.3) is 0 Å². The standard InChI is InChI=1S/C17H24BrNO3.C9H10O2/c1-3-7-19(8-4-2)17(21)14-10-15(20)22-16(14)13-6-5-12(9-13)11-18;1-2-7-3-4-8-9(5-7)11-6-10-8/h5-6,14,16H,3-4,7-11H2,1-2H3;3-5H,2,6H2,1H3/t14-,16?;/m0./s1. The third kappa shape index (κ3) is 6.40. The van der Waals surface area contributed by atoms with Crippen LogP contribution in [0.5, 0.6) is 11.5 Å². The Morgan fingerprint density at radius 2 is 1.82 bits per heavy atom. The number of halogens is 1. The van der Waals surface area contributed by atoms with Gasteiger partial charge in [-0.2, -0.15) is 0 Å². The van der Waals surface area contributed by atoms with Gasteiger partial charge in [0.2, 0.25) is 12.7 Å². The first kappa shape index (κ1) is 25.3. The fourth-order valence-corrected chi connectivity index (χ4v) is 4.65. The molecule has 0 radical (unpaired) electrons. The first-order valence-electron chi connectivity index (χ1n) is 11.8. The van der Waals surface area contributed by atoms with Gasteiger partial charge in [-0.1, -0.05) is 60.5 Å². The summed E-state index contributed by atoms with van der Waals surface area (Å²) >= 11 is 3.45. The van der Waals surface area contributed by atoms with Gasteiger partial charge < -0.3 is 19.1 Å². The highest BCUT2D eigenvalue weighted by atomic mass is 79.9. The largest absolute Gasteiger partial charge is 0.457 e. The van der Waals surface area contributed by atoms with E-state index in [4.69, 9.17) is 14.2 Å². The highest BCUT2D eigenvalue weighted by Crippen LogP contribution is 2.35. The predicted octanol–water partition coefficient (Wildman–Crippen LogP) is 5.20. The number of cyclic esters (lactones) is 1. The lowest BCUT2D eigenvalue weighted by Gasteiger charge is -2.27. The number of allylic oxidation sites excluding steroid dienone is 3. The molecule has 2 atom stereocenters. The number of fused-ring (bicyclic) bond motifs is 1. The third-order valence-electron chi connectivity index (χ3n) is 5.97. The predicted molar refractivity (Wildman–Crippen MR) is 132 cm³/mol. The molecule has 1 amide bonds. The molecule has 4 rings (SSSR count). The van der Waals surface area contributed by atoms with Crippen LogP contribution < -0.4 is 9.47 Å². The molecule has 3 aliphatic rings. The first-order valence-corrected chi connectivity index (χ1v) is 12.9. The Morgan fingerprint density at radius 3 is 2.45 bits per heavy atom. The molecule has 6 nitrogen and oxygen atoms in total. The van der Waals surface area contributed by atoms with E-state index in [1.54, 1.807) is 0 Å². The van der Waals surface area contributed by atoms with E-state index in [0.717, 1.165) is 61.2 Å². The van der Waals surface area contributed by atoms with E-state index < -0.39 is 0 Å². The second-order valence-electron chi connectivity index (χ2n) is 8.46. The number of hydrogen-bond donors (Lipinski definition) is 0. The molecule has 1 unspecified atom stereocenters. The molecule has 1 aliphatic carbocycles. The van der Waals surface area contributed by atoms with Crippen molar-refractivity contribution in [3.05, 3.63) is 47.1 Å². The van der Waals surface area contributed by atoms with E-state index in [-0.39, 0.29) is 30.3 Å². The smallest absolute Gasteiger partial charge is 0.307 e. The second kappa shape index (κ2) is 12.3. The van der Waals surface area contributed by atoms with E-state index in [0.29, 0.717) is 6.79 Å². The van der Waals surface area contributed by atoms with Gasteiger partial charge in [-0.15, -0.1) is 0 Å². The molecular formula is C26H34BrNO5. The van der Waals surface area contributed by atoms with Crippen molar-refractivity contribution in [3.63, 3.8) is 0 Å². The minimum absolute atomic E-state index is 0.0627. The summed E-state index contributed by atoms with van der Waals surface area (Å²) in [7, 11) is 0. The molecule has 1 fully saturated rings. The van der Waals surface area contributed by atoms with Crippen LogP contribution in [0, 0.1) is 5.92 Å². The van der Waals surface area contributed by atoms with Crippen LogP contribution in [0.1, 0.15) is 52.0 Å². The fourth-order valence-electron chi connectivity index (χ4n) is 4.27. The number of alkyl halides is 1. The van der Waals surface area contributed by atoms with E-state index in [1.165, 1.54) is 11.1 Å². The highest BCUT2D eigenvalue weighted by Gasteiger charge is 2.43. The van der Waals surface area contributed by atoms with Crippen LogP contribution in [0.3, 0.4) is 0 Å². The van der Waals surface area contributed by atoms with Crippen LogP contribution >= 0.6 is 15.9 Å². The van der Waals surface area contributed by atoms with Crippen molar-refractivity contribution in [2.75, 3.05) is 25.2 Å². The lowest BCUT2D eigenvalue weighted by Crippen LogP contribution is -2.40. The number of amides is 1. The maximum absolute atomic E-state index is 12.8. The van der Waals surface area contributed by atoms with Crippen molar-refractivity contribution in [2.45, 2.75) is 59.0 Å². The Morgan fingerprint density at radius 1 is 1.09 bits per heavy atom. The quantitative estimate of drug-likeness (QED) is 0.349. The normalized spacial score (nSPS) is 20.5. The third-order valence-corrected chi connectivity index (χ3v) is 6.69. The molecule has 180 valence electrons. The van der Waals surface area contributed by atoms with Crippen LogP contribution in [0.25, 0.3) is 0 Å². The maximum atomic E-state index is 12.8. The van der Waals surface area contributed by atoms with E-state index in [2.05, 4.69) is 42.8 Å². The summed E-state index contributed by atoms with van der Waals surface area (Å²) in [6.07, 6.45) is 7.55. The summed E-state index contributed by atoms with van der Waals surface area (Å²) in [5, 5.41) is 0.810. The van der Waals surface area contributed by atoms with Crippen molar-refractivity contribution in [3.8, 4) is 11.5 Å². The summed E-state index contributed by atoms with van der Waals surface area (Å²) in [5.41, 5.74) is 3.59. The Labute approximate surface area is 205 Å². The van der Waals surface area contributed by atoms with Gasteiger partial charge in [-0.05, 0) is 49.0 Å². The molecule has 0 spiro atoms. The number of nitrogens with zero attached hydrogens (tertiary/aromatic N) is 1. The van der Waals surface area contributed by atoms with Crippen molar-refractivity contribution >= 4 is 27.8 Å². The van der Waals surface area contributed by atoms with Crippen LogP contribution in [0.2, 0.25) is 0 Å². The summed E-state index contributed by atoms with van der Waals surface area (Å²) < 4.78 is 15.9. The molecule has 2 heterocycles. The lowest BCUT2D eigenvalue weighted by molar-refractivity contribution is -0.140. The number of esters is 1. The highest BCUT2D eigenvalue weighted by molar-refractivity contribution is 9.09. The summed E-state index contributed by atoms with van der Waals surface area (Å²) in [4.78, 5) is 26.5. The molecule has 1 aromatic rings. The Kier molecular flexibility index (Phi) is 9.41. The number of hydrogen-bond acceptors (Lipinski definition) is 5. The SMILES string of the molecule is CCCN(CCC)C(=O)[C@H]1CC(=O)OC1C1=CC=C(CBr)C1.CCc1ccc2c(c1)OCO2. The summed E-state index contributed by atoms with van der Waals surface area (Å²) in [6, 6.07) is 6.05. The number of benzene rings is 1. The average molecular weight is 520 g/mol. The zero-order valence-electron chi connectivity index (χ0n) is 19.8. The van der Waals surface area contributed by atoms with E-state index in [1.807, 2.05) is 29.2 Å². The maximum Gasteiger partial charge on any atom is 0.307 e. The zero-order chi connectivity index (χ0) is 23.8. The van der Waals surface area contributed by atoms with Crippen LogP contribution in [-0.2, 0) is 20.7 Å².